The summed E-state index contributed by atoms with van der Waals surface area (Å²) in [4.78, 5) is 0. The molecule has 0 bridgehead atoms. The summed E-state index contributed by atoms with van der Waals surface area (Å²) in [5, 5.41) is 10.9. The van der Waals surface area contributed by atoms with Crippen molar-refractivity contribution < 1.29 is 31.6 Å². The summed E-state index contributed by atoms with van der Waals surface area (Å²) in [6, 6.07) is 28.8. The molecule has 0 spiro atoms. The van der Waals surface area contributed by atoms with E-state index in [0.717, 1.165) is 5.56 Å². The molecule has 3 aromatic carbocycles. The fourth-order valence-electron chi connectivity index (χ4n) is 3.15. The number of benzene rings is 3. The summed E-state index contributed by atoms with van der Waals surface area (Å²) in [7, 11) is 0. The van der Waals surface area contributed by atoms with Crippen LogP contribution in [0.4, 0.5) is 0 Å². The van der Waals surface area contributed by atoms with Crippen molar-refractivity contribution in [3.05, 3.63) is 108 Å². The van der Waals surface area contributed by atoms with E-state index in [1.165, 1.54) is 5.56 Å². The van der Waals surface area contributed by atoms with E-state index in [1.54, 1.807) is 18.2 Å². The highest BCUT2D eigenvalue weighted by Crippen LogP contribution is 2.29. The number of ether oxygens (including phenoxy) is 2. The van der Waals surface area contributed by atoms with Crippen LogP contribution in [0.1, 0.15) is 0 Å². The summed E-state index contributed by atoms with van der Waals surface area (Å²) in [6.45, 7) is 0.640. The Morgan fingerprint density at radius 1 is 0.750 bits per heavy atom. The van der Waals surface area contributed by atoms with E-state index in [9.17, 15) is 5.11 Å². The normalized spacial score (nSPS) is 11.3. The van der Waals surface area contributed by atoms with Crippen molar-refractivity contribution in [1.29, 1.82) is 0 Å². The number of hydrogen-bond acceptors (Lipinski definition) is 3. The fourth-order valence-corrected chi connectivity index (χ4v) is 3.32. The first-order valence-electron chi connectivity index (χ1n) is 10.1. The lowest BCUT2D eigenvalue weighted by Gasteiger charge is -2.11. The van der Waals surface area contributed by atoms with Crippen LogP contribution in [0.3, 0.4) is 0 Å². The molecule has 6 heteroatoms. The number of aliphatic hydroxyl groups is 1. The van der Waals surface area contributed by atoms with Gasteiger partial charge >= 0.3 is 0 Å². The number of para-hydroxylation sites is 1. The van der Waals surface area contributed by atoms with Gasteiger partial charge in [0.1, 0.15) is 30.0 Å². The highest BCUT2D eigenvalue weighted by atomic mass is 35.5. The van der Waals surface area contributed by atoms with Crippen molar-refractivity contribution >= 4 is 11.6 Å². The number of nitrogens with zero attached hydrogens (tertiary/aromatic N) is 1. The van der Waals surface area contributed by atoms with Crippen LogP contribution in [-0.2, 0) is 6.54 Å². The molecule has 0 aliphatic rings. The van der Waals surface area contributed by atoms with Gasteiger partial charge in [-0.15, -0.1) is 0 Å². The standard InChI is InChI=1S/C26H23ClNO3.ClH/c27-25-8-4-5-9-26(25)31-24-12-10-23(11-13-24)30-19-22(29)18-28-16-14-21(15-17-28)20-6-2-1-3-7-20;/h1-17,22,29H,18-19H2;1H/q+1;/p-1. The van der Waals surface area contributed by atoms with Crippen LogP contribution in [-0.4, -0.2) is 17.8 Å². The number of pyridine rings is 1. The van der Waals surface area contributed by atoms with E-state index in [4.69, 9.17) is 21.1 Å². The van der Waals surface area contributed by atoms with Crippen molar-refractivity contribution in [2.45, 2.75) is 12.6 Å². The Kier molecular flexibility index (Phi) is 8.51. The van der Waals surface area contributed by atoms with Crippen molar-refractivity contribution in [1.82, 2.24) is 0 Å². The summed E-state index contributed by atoms with van der Waals surface area (Å²) >= 11 is 6.12. The minimum Gasteiger partial charge on any atom is -1.00 e. The topological polar surface area (TPSA) is 42.6 Å². The number of rotatable bonds is 8. The predicted molar refractivity (Wildman–Crippen MR) is 122 cm³/mol. The summed E-state index contributed by atoms with van der Waals surface area (Å²) in [6.07, 6.45) is 3.30. The molecular formula is C26H23Cl2NO3. The Hall–Kier alpha value is -3.05. The molecule has 0 aliphatic carbocycles. The minimum absolute atomic E-state index is 0. The Labute approximate surface area is 199 Å². The Morgan fingerprint density at radius 2 is 1.34 bits per heavy atom. The maximum atomic E-state index is 10.3. The molecule has 0 fully saturated rings. The first-order valence-corrected chi connectivity index (χ1v) is 10.4. The lowest BCUT2D eigenvalue weighted by atomic mass is 10.1. The van der Waals surface area contributed by atoms with Crippen LogP contribution >= 0.6 is 11.6 Å². The zero-order valence-corrected chi connectivity index (χ0v) is 18.8. The van der Waals surface area contributed by atoms with Gasteiger partial charge in [-0.25, -0.2) is 4.57 Å². The monoisotopic (exact) mass is 467 g/mol. The molecule has 1 heterocycles. The van der Waals surface area contributed by atoms with Gasteiger partial charge in [0, 0.05) is 12.1 Å². The molecular weight excluding hydrogens is 445 g/mol. The molecule has 4 aromatic rings. The fraction of sp³-hybridized carbons (Fsp3) is 0.115. The van der Waals surface area contributed by atoms with Gasteiger partial charge < -0.3 is 27.0 Å². The molecule has 1 unspecified atom stereocenters. The van der Waals surface area contributed by atoms with E-state index >= 15 is 0 Å². The molecule has 4 rings (SSSR count). The second kappa shape index (κ2) is 11.5. The largest absolute Gasteiger partial charge is 1.00 e. The third kappa shape index (κ3) is 6.47. The smallest absolute Gasteiger partial charge is 0.177 e. The minimum atomic E-state index is -0.633. The molecule has 1 N–H and O–H groups in total. The van der Waals surface area contributed by atoms with Gasteiger partial charge in [-0.1, -0.05) is 54.1 Å². The van der Waals surface area contributed by atoms with E-state index in [1.807, 2.05) is 77.6 Å². The Bertz CT molecular complexity index is 1100. The predicted octanol–water partition coefficient (Wildman–Crippen LogP) is 2.53. The van der Waals surface area contributed by atoms with Crippen molar-refractivity contribution in [3.8, 4) is 28.4 Å². The average molecular weight is 468 g/mol. The quantitative estimate of drug-likeness (QED) is 0.405. The van der Waals surface area contributed by atoms with Crippen LogP contribution < -0.4 is 26.4 Å². The zero-order valence-electron chi connectivity index (χ0n) is 17.3. The lowest BCUT2D eigenvalue weighted by Crippen LogP contribution is -3.00. The molecule has 0 amide bonds. The molecule has 0 saturated carbocycles. The second-order valence-electron chi connectivity index (χ2n) is 7.12. The molecule has 0 aliphatic heterocycles. The van der Waals surface area contributed by atoms with Crippen LogP contribution in [0.15, 0.2) is 103 Å². The van der Waals surface area contributed by atoms with Crippen molar-refractivity contribution in [2.75, 3.05) is 6.61 Å². The first kappa shape index (κ1) is 23.6. The highest BCUT2D eigenvalue weighted by Gasteiger charge is 2.12. The van der Waals surface area contributed by atoms with E-state index in [0.29, 0.717) is 28.8 Å². The van der Waals surface area contributed by atoms with Gasteiger partial charge in [0.15, 0.2) is 18.9 Å². The van der Waals surface area contributed by atoms with E-state index < -0.39 is 6.10 Å². The number of aliphatic hydroxyl groups excluding tert-OH is 1. The Morgan fingerprint density at radius 3 is 2.03 bits per heavy atom. The van der Waals surface area contributed by atoms with Crippen LogP contribution in [0.5, 0.6) is 17.2 Å². The van der Waals surface area contributed by atoms with E-state index in [-0.39, 0.29) is 19.0 Å². The molecule has 164 valence electrons. The molecule has 0 saturated heterocycles. The Balaban J connectivity index is 0.00000289. The lowest BCUT2D eigenvalue weighted by molar-refractivity contribution is -0.703. The second-order valence-corrected chi connectivity index (χ2v) is 7.53. The van der Waals surface area contributed by atoms with Crippen molar-refractivity contribution in [2.24, 2.45) is 0 Å². The maximum absolute atomic E-state index is 10.3. The third-order valence-corrected chi connectivity index (χ3v) is 5.06. The molecule has 32 heavy (non-hydrogen) atoms. The van der Waals surface area contributed by atoms with Gasteiger partial charge in [0.25, 0.3) is 0 Å². The average Bonchev–Trinajstić information content (AvgIpc) is 2.81. The summed E-state index contributed by atoms with van der Waals surface area (Å²) in [5.41, 5.74) is 2.31. The zero-order chi connectivity index (χ0) is 21.5. The molecule has 1 aromatic heterocycles. The van der Waals surface area contributed by atoms with Gasteiger partial charge in [-0.3, -0.25) is 0 Å². The van der Waals surface area contributed by atoms with Crippen LogP contribution in [0.2, 0.25) is 5.02 Å². The molecule has 4 nitrogen and oxygen atoms in total. The number of halogens is 2. The SMILES string of the molecule is OC(COc1ccc(Oc2ccccc2Cl)cc1)C[n+]1ccc(-c2ccccc2)cc1.[Cl-]. The maximum Gasteiger partial charge on any atom is 0.177 e. The van der Waals surface area contributed by atoms with Gasteiger partial charge in [0.2, 0.25) is 0 Å². The van der Waals surface area contributed by atoms with Crippen LogP contribution in [0, 0.1) is 0 Å². The molecule has 1 atom stereocenters. The van der Waals surface area contributed by atoms with Gasteiger partial charge in [-0.05, 0) is 47.5 Å². The van der Waals surface area contributed by atoms with Gasteiger partial charge in [-0.2, -0.15) is 0 Å². The van der Waals surface area contributed by atoms with Crippen LogP contribution in [0.25, 0.3) is 11.1 Å². The molecule has 0 radical (unpaired) electrons. The third-order valence-electron chi connectivity index (χ3n) is 4.75. The highest BCUT2D eigenvalue weighted by molar-refractivity contribution is 6.32. The number of hydrogen-bond donors (Lipinski definition) is 1. The first-order chi connectivity index (χ1) is 15.2. The van der Waals surface area contributed by atoms with E-state index in [2.05, 4.69) is 12.1 Å². The van der Waals surface area contributed by atoms with Crippen molar-refractivity contribution in [3.63, 3.8) is 0 Å². The summed E-state index contributed by atoms with van der Waals surface area (Å²) < 4.78 is 13.4. The summed E-state index contributed by atoms with van der Waals surface area (Å²) in [5.74, 6) is 1.92. The number of aromatic nitrogens is 1. The van der Waals surface area contributed by atoms with Gasteiger partial charge in [0.05, 0.1) is 5.02 Å².